The number of carbonyl (C=O) groups excluding carboxylic acids is 1. The Hall–Kier alpha value is -0.650. The standard InChI is InChI=1S/C19H34N2O3/c1-19(23,14-21-8-10-24-11-9-21)13-20-18(22)17-7-6-15-4-2-3-5-16(15)12-17/h15-17,23H,2-14H2,1H3,(H,20,22). The van der Waals surface area contributed by atoms with Crippen molar-refractivity contribution >= 4 is 5.91 Å². The van der Waals surface area contributed by atoms with Crippen LogP contribution in [0.2, 0.25) is 0 Å². The molecule has 2 saturated carbocycles. The van der Waals surface area contributed by atoms with Crippen LogP contribution in [0.25, 0.3) is 0 Å². The maximum Gasteiger partial charge on any atom is 0.223 e. The molecule has 0 aromatic rings. The van der Waals surface area contributed by atoms with Gasteiger partial charge in [0.15, 0.2) is 0 Å². The zero-order chi connectivity index (χ0) is 17.0. The molecule has 0 aromatic heterocycles. The second-order valence-corrected chi connectivity index (χ2v) is 8.42. The monoisotopic (exact) mass is 338 g/mol. The number of carbonyl (C=O) groups is 1. The highest BCUT2D eigenvalue weighted by Crippen LogP contribution is 2.42. The number of hydrogen-bond acceptors (Lipinski definition) is 4. The lowest BCUT2D eigenvalue weighted by atomic mass is 9.67. The third-order valence-electron chi connectivity index (χ3n) is 6.22. The van der Waals surface area contributed by atoms with Crippen molar-refractivity contribution in [2.75, 3.05) is 39.4 Å². The SMILES string of the molecule is CC(O)(CNC(=O)C1CCC2CCCCC2C1)CN1CCOCC1. The molecule has 1 saturated heterocycles. The third-order valence-corrected chi connectivity index (χ3v) is 6.22. The van der Waals surface area contributed by atoms with Crippen LogP contribution in [0.3, 0.4) is 0 Å². The quantitative estimate of drug-likeness (QED) is 0.802. The minimum atomic E-state index is -0.880. The van der Waals surface area contributed by atoms with E-state index < -0.39 is 5.60 Å². The van der Waals surface area contributed by atoms with Crippen molar-refractivity contribution in [3.05, 3.63) is 0 Å². The van der Waals surface area contributed by atoms with E-state index in [2.05, 4.69) is 10.2 Å². The molecule has 1 amide bonds. The van der Waals surface area contributed by atoms with Crippen LogP contribution in [0.1, 0.15) is 51.9 Å². The van der Waals surface area contributed by atoms with Crippen LogP contribution < -0.4 is 5.32 Å². The second kappa shape index (κ2) is 8.15. The highest BCUT2D eigenvalue weighted by atomic mass is 16.5. The van der Waals surface area contributed by atoms with Crippen molar-refractivity contribution < 1.29 is 14.6 Å². The summed E-state index contributed by atoms with van der Waals surface area (Å²) in [5, 5.41) is 13.6. The van der Waals surface area contributed by atoms with Gasteiger partial charge in [0, 0.05) is 32.1 Å². The van der Waals surface area contributed by atoms with E-state index in [9.17, 15) is 9.90 Å². The lowest BCUT2D eigenvalue weighted by molar-refractivity contribution is -0.128. The number of hydrogen-bond donors (Lipinski definition) is 2. The Bertz CT molecular complexity index is 421. The zero-order valence-electron chi connectivity index (χ0n) is 15.1. The van der Waals surface area contributed by atoms with Gasteiger partial charge in [-0.2, -0.15) is 0 Å². The van der Waals surface area contributed by atoms with Crippen molar-refractivity contribution in [3.63, 3.8) is 0 Å². The second-order valence-electron chi connectivity index (χ2n) is 8.42. The minimum absolute atomic E-state index is 0.154. The molecule has 138 valence electrons. The summed E-state index contributed by atoms with van der Waals surface area (Å²) in [4.78, 5) is 14.8. The summed E-state index contributed by atoms with van der Waals surface area (Å²) in [5.74, 6) is 1.94. The summed E-state index contributed by atoms with van der Waals surface area (Å²) in [6, 6.07) is 0. The first-order chi connectivity index (χ1) is 11.5. The normalized spacial score (nSPS) is 34.2. The molecule has 4 unspecified atom stereocenters. The Balaban J connectivity index is 1.42. The Kier molecular flexibility index (Phi) is 6.17. The van der Waals surface area contributed by atoms with Gasteiger partial charge in [0.25, 0.3) is 0 Å². The zero-order valence-corrected chi connectivity index (χ0v) is 15.1. The predicted octanol–water partition coefficient (Wildman–Crippen LogP) is 1.79. The Labute approximate surface area is 146 Å². The van der Waals surface area contributed by atoms with E-state index in [1.54, 1.807) is 0 Å². The van der Waals surface area contributed by atoms with Crippen LogP contribution in [0.4, 0.5) is 0 Å². The van der Waals surface area contributed by atoms with E-state index in [4.69, 9.17) is 4.74 Å². The molecule has 3 aliphatic rings. The van der Waals surface area contributed by atoms with E-state index in [0.29, 0.717) is 13.1 Å². The minimum Gasteiger partial charge on any atom is -0.387 e. The fraction of sp³-hybridized carbons (Fsp3) is 0.947. The van der Waals surface area contributed by atoms with Crippen molar-refractivity contribution in [2.45, 2.75) is 57.5 Å². The van der Waals surface area contributed by atoms with Gasteiger partial charge in [0.05, 0.1) is 18.8 Å². The largest absolute Gasteiger partial charge is 0.387 e. The molecule has 3 rings (SSSR count). The summed E-state index contributed by atoms with van der Waals surface area (Å²) in [6.45, 7) is 5.92. The number of aliphatic hydroxyl groups is 1. The molecular formula is C19H34N2O3. The van der Waals surface area contributed by atoms with Crippen LogP contribution in [0.5, 0.6) is 0 Å². The van der Waals surface area contributed by atoms with Crippen LogP contribution in [0.15, 0.2) is 0 Å². The molecule has 0 spiro atoms. The molecule has 0 aromatic carbocycles. The van der Waals surface area contributed by atoms with E-state index in [1.165, 1.54) is 32.1 Å². The average Bonchev–Trinajstić information content (AvgIpc) is 2.60. The van der Waals surface area contributed by atoms with Gasteiger partial charge in [0.1, 0.15) is 0 Å². The molecule has 2 N–H and O–H groups in total. The Morgan fingerprint density at radius 3 is 2.62 bits per heavy atom. The van der Waals surface area contributed by atoms with Crippen LogP contribution in [0, 0.1) is 17.8 Å². The molecule has 1 heterocycles. The maximum atomic E-state index is 12.6. The molecule has 5 nitrogen and oxygen atoms in total. The number of nitrogens with one attached hydrogen (secondary N) is 1. The topological polar surface area (TPSA) is 61.8 Å². The molecule has 24 heavy (non-hydrogen) atoms. The van der Waals surface area contributed by atoms with Crippen molar-refractivity contribution in [1.29, 1.82) is 0 Å². The molecule has 2 aliphatic carbocycles. The number of amides is 1. The molecule has 3 fully saturated rings. The highest BCUT2D eigenvalue weighted by Gasteiger charge is 2.35. The number of rotatable bonds is 5. The fourth-order valence-corrected chi connectivity index (χ4v) is 4.83. The smallest absolute Gasteiger partial charge is 0.223 e. The van der Waals surface area contributed by atoms with Crippen LogP contribution in [-0.2, 0) is 9.53 Å². The van der Waals surface area contributed by atoms with Crippen LogP contribution >= 0.6 is 0 Å². The molecule has 1 aliphatic heterocycles. The lowest BCUT2D eigenvalue weighted by Crippen LogP contribution is -2.52. The van der Waals surface area contributed by atoms with Crippen molar-refractivity contribution in [3.8, 4) is 0 Å². The van der Waals surface area contributed by atoms with Gasteiger partial charge in [0.2, 0.25) is 5.91 Å². The van der Waals surface area contributed by atoms with E-state index in [1.807, 2.05) is 6.92 Å². The number of morpholine rings is 1. The van der Waals surface area contributed by atoms with Crippen molar-refractivity contribution in [1.82, 2.24) is 10.2 Å². The first kappa shape index (κ1) is 18.2. The van der Waals surface area contributed by atoms with Gasteiger partial charge >= 0.3 is 0 Å². The molecule has 0 bridgehead atoms. The summed E-state index contributed by atoms with van der Waals surface area (Å²) in [5.41, 5.74) is -0.880. The van der Waals surface area contributed by atoms with Crippen LogP contribution in [-0.4, -0.2) is 60.9 Å². The van der Waals surface area contributed by atoms with E-state index in [0.717, 1.165) is 51.0 Å². The predicted molar refractivity (Wildman–Crippen MR) is 93.7 cm³/mol. The number of β-amino-alcohol motifs (C(OH)–C–C–N with tert-alkyl or cyclic N) is 1. The summed E-state index contributed by atoms with van der Waals surface area (Å²) < 4.78 is 5.34. The first-order valence-corrected chi connectivity index (χ1v) is 9.84. The molecular weight excluding hydrogens is 304 g/mol. The van der Waals surface area contributed by atoms with Gasteiger partial charge < -0.3 is 15.2 Å². The fourth-order valence-electron chi connectivity index (χ4n) is 4.83. The van der Waals surface area contributed by atoms with Gasteiger partial charge in [-0.05, 0) is 38.0 Å². The average molecular weight is 338 g/mol. The highest BCUT2D eigenvalue weighted by molar-refractivity contribution is 5.78. The summed E-state index contributed by atoms with van der Waals surface area (Å²) in [6.07, 6.45) is 8.69. The first-order valence-electron chi connectivity index (χ1n) is 9.84. The summed E-state index contributed by atoms with van der Waals surface area (Å²) in [7, 11) is 0. The lowest BCUT2D eigenvalue weighted by Gasteiger charge is -2.39. The number of nitrogens with zero attached hydrogens (tertiary/aromatic N) is 1. The van der Waals surface area contributed by atoms with Crippen molar-refractivity contribution in [2.24, 2.45) is 17.8 Å². The Morgan fingerprint density at radius 1 is 1.17 bits per heavy atom. The third kappa shape index (κ3) is 4.93. The Morgan fingerprint density at radius 2 is 1.88 bits per heavy atom. The van der Waals surface area contributed by atoms with Gasteiger partial charge in [-0.25, -0.2) is 0 Å². The maximum absolute atomic E-state index is 12.6. The van der Waals surface area contributed by atoms with Gasteiger partial charge in [-0.15, -0.1) is 0 Å². The van der Waals surface area contributed by atoms with E-state index in [-0.39, 0.29) is 11.8 Å². The molecule has 4 atom stereocenters. The van der Waals surface area contributed by atoms with Gasteiger partial charge in [-0.1, -0.05) is 25.7 Å². The number of fused-ring (bicyclic) bond motifs is 1. The molecule has 5 heteroatoms. The number of ether oxygens (including phenoxy) is 1. The molecule has 0 radical (unpaired) electrons. The van der Waals surface area contributed by atoms with E-state index >= 15 is 0 Å². The van der Waals surface area contributed by atoms with Gasteiger partial charge in [-0.3, -0.25) is 9.69 Å². The summed E-state index contributed by atoms with van der Waals surface area (Å²) >= 11 is 0.